The molecule has 0 aliphatic rings. The Morgan fingerprint density at radius 2 is 2.07 bits per heavy atom. The predicted octanol–water partition coefficient (Wildman–Crippen LogP) is 2.15. The monoisotopic (exact) mass is 193 g/mol. The third kappa shape index (κ3) is 2.26. The van der Waals surface area contributed by atoms with Gasteiger partial charge in [0, 0.05) is 5.56 Å². The second-order valence-corrected chi connectivity index (χ2v) is 2.65. The summed E-state index contributed by atoms with van der Waals surface area (Å²) in [5.41, 5.74) is 0.850. The number of ether oxygens (including phenoxy) is 2. The Bertz CT molecular complexity index is 318. The summed E-state index contributed by atoms with van der Waals surface area (Å²) in [6.07, 6.45) is 3.27. The van der Waals surface area contributed by atoms with Gasteiger partial charge in [0.1, 0.15) is 6.61 Å². The molecule has 3 nitrogen and oxygen atoms in total. The average Bonchev–Trinajstić information content (AvgIpc) is 2.25. The van der Waals surface area contributed by atoms with Crippen molar-refractivity contribution < 1.29 is 14.6 Å². The molecule has 0 saturated carbocycles. The first kappa shape index (κ1) is 10.6. The van der Waals surface area contributed by atoms with Crippen molar-refractivity contribution >= 4 is 6.08 Å². The van der Waals surface area contributed by atoms with Crippen LogP contribution in [0.3, 0.4) is 0 Å². The van der Waals surface area contributed by atoms with Crippen molar-refractivity contribution in [2.45, 2.75) is 0 Å². The molecule has 0 bridgehead atoms. The second-order valence-electron chi connectivity index (χ2n) is 2.65. The minimum atomic E-state index is -0.236. The van der Waals surface area contributed by atoms with E-state index in [2.05, 4.69) is 0 Å². The van der Waals surface area contributed by atoms with Crippen molar-refractivity contribution in [2.24, 2.45) is 0 Å². The molecule has 75 valence electrons. The number of hydrogen-bond acceptors (Lipinski definition) is 2. The van der Waals surface area contributed by atoms with Crippen LogP contribution in [0.25, 0.3) is 6.08 Å². The van der Waals surface area contributed by atoms with Crippen molar-refractivity contribution in [3.63, 3.8) is 0 Å². The van der Waals surface area contributed by atoms with E-state index in [0.717, 1.165) is 5.56 Å². The zero-order valence-electron chi connectivity index (χ0n) is 8.32. The lowest BCUT2D eigenvalue weighted by molar-refractivity contribution is 0.233. The molecule has 0 heterocycles. The molecule has 1 rings (SSSR count). The highest BCUT2D eigenvalue weighted by Gasteiger charge is 2.05. The van der Waals surface area contributed by atoms with E-state index < -0.39 is 0 Å². The van der Waals surface area contributed by atoms with Crippen LogP contribution in [0.2, 0.25) is 0 Å². The number of benzene rings is 1. The quantitative estimate of drug-likeness (QED) is 0.734. The third-order valence-electron chi connectivity index (χ3n) is 1.83. The third-order valence-corrected chi connectivity index (χ3v) is 1.83. The Kier molecular flexibility index (Phi) is 4.01. The van der Waals surface area contributed by atoms with Gasteiger partial charge in [-0.25, -0.2) is 5.11 Å². The van der Waals surface area contributed by atoms with Gasteiger partial charge in [0.25, 0.3) is 0 Å². The van der Waals surface area contributed by atoms with E-state index in [9.17, 15) is 5.11 Å². The summed E-state index contributed by atoms with van der Waals surface area (Å²) in [5.74, 6) is 1.32. The summed E-state index contributed by atoms with van der Waals surface area (Å²) in [6, 6.07) is 5.53. The molecule has 1 aromatic carbocycles. The number of hydrogen-bond donors (Lipinski definition) is 0. The Hall–Kier alpha value is -1.48. The van der Waals surface area contributed by atoms with Crippen LogP contribution in [0.5, 0.6) is 11.5 Å². The van der Waals surface area contributed by atoms with Crippen LogP contribution in [0, 0.1) is 0 Å². The largest absolute Gasteiger partial charge is 0.493 e. The molecule has 0 N–H and O–H groups in total. The highest BCUT2D eigenvalue weighted by Crippen LogP contribution is 2.31. The molecule has 1 aromatic rings. The maximum Gasteiger partial charge on any atom is 0.167 e. The van der Waals surface area contributed by atoms with Gasteiger partial charge in [-0.3, -0.25) is 0 Å². The SMILES string of the molecule is COc1cccc(C=CC[O])c1OC. The standard InChI is InChI=1S/C11H13O3/c1-13-10-7-3-5-9(6-4-8-12)11(10)14-2/h3-7H,8H2,1-2H3. The van der Waals surface area contributed by atoms with Crippen LogP contribution in [0.4, 0.5) is 0 Å². The summed E-state index contributed by atoms with van der Waals surface area (Å²) in [7, 11) is 3.16. The Morgan fingerprint density at radius 1 is 1.29 bits per heavy atom. The van der Waals surface area contributed by atoms with E-state index in [0.29, 0.717) is 11.5 Å². The fraction of sp³-hybridized carbons (Fsp3) is 0.273. The summed E-state index contributed by atoms with van der Waals surface area (Å²) >= 11 is 0. The van der Waals surface area contributed by atoms with Gasteiger partial charge in [-0.15, -0.1) is 0 Å². The molecule has 0 saturated heterocycles. The van der Waals surface area contributed by atoms with E-state index in [1.165, 1.54) is 6.08 Å². The molecule has 0 aliphatic carbocycles. The maximum absolute atomic E-state index is 10.3. The first-order valence-electron chi connectivity index (χ1n) is 4.29. The van der Waals surface area contributed by atoms with Gasteiger partial charge >= 0.3 is 0 Å². The molecular weight excluding hydrogens is 180 g/mol. The van der Waals surface area contributed by atoms with Crippen molar-refractivity contribution in [3.05, 3.63) is 29.8 Å². The summed E-state index contributed by atoms with van der Waals surface area (Å²) in [6.45, 7) is -0.236. The minimum absolute atomic E-state index is 0.236. The van der Waals surface area contributed by atoms with Crippen LogP contribution < -0.4 is 9.47 Å². The molecule has 0 amide bonds. The van der Waals surface area contributed by atoms with Crippen molar-refractivity contribution in [1.82, 2.24) is 0 Å². The lowest BCUT2D eigenvalue weighted by atomic mass is 10.1. The highest BCUT2D eigenvalue weighted by molar-refractivity contribution is 5.62. The van der Waals surface area contributed by atoms with Crippen LogP contribution in [-0.2, 0) is 5.11 Å². The molecular formula is C11H13O3. The first-order valence-corrected chi connectivity index (χ1v) is 4.29. The van der Waals surface area contributed by atoms with E-state index >= 15 is 0 Å². The van der Waals surface area contributed by atoms with Crippen LogP contribution in [0.1, 0.15) is 5.56 Å². The Morgan fingerprint density at radius 3 is 2.64 bits per heavy atom. The van der Waals surface area contributed by atoms with Crippen molar-refractivity contribution in [2.75, 3.05) is 20.8 Å². The molecule has 0 aliphatic heterocycles. The Labute approximate surface area is 83.6 Å². The lowest BCUT2D eigenvalue weighted by Crippen LogP contribution is -1.92. The molecule has 0 spiro atoms. The second kappa shape index (κ2) is 5.29. The molecule has 0 atom stereocenters. The fourth-order valence-electron chi connectivity index (χ4n) is 1.22. The predicted molar refractivity (Wildman–Crippen MR) is 54.1 cm³/mol. The number of para-hydroxylation sites is 1. The number of rotatable bonds is 4. The Balaban J connectivity index is 3.08. The highest BCUT2D eigenvalue weighted by atomic mass is 16.5. The van der Waals surface area contributed by atoms with E-state index in [4.69, 9.17) is 9.47 Å². The molecule has 0 fully saturated rings. The molecule has 1 radical (unpaired) electrons. The van der Waals surface area contributed by atoms with Crippen LogP contribution in [0.15, 0.2) is 24.3 Å². The van der Waals surface area contributed by atoms with Gasteiger partial charge in [-0.05, 0) is 6.07 Å². The van der Waals surface area contributed by atoms with E-state index in [-0.39, 0.29) is 6.61 Å². The van der Waals surface area contributed by atoms with Gasteiger partial charge in [0.2, 0.25) is 0 Å². The topological polar surface area (TPSA) is 38.4 Å². The molecule has 3 heteroatoms. The van der Waals surface area contributed by atoms with Gasteiger partial charge < -0.3 is 9.47 Å². The zero-order chi connectivity index (χ0) is 10.4. The maximum atomic E-state index is 10.3. The lowest BCUT2D eigenvalue weighted by Gasteiger charge is -2.09. The average molecular weight is 193 g/mol. The van der Waals surface area contributed by atoms with E-state index in [1.54, 1.807) is 20.3 Å². The summed E-state index contributed by atoms with van der Waals surface area (Å²) in [4.78, 5) is 0. The fourth-order valence-corrected chi connectivity index (χ4v) is 1.22. The van der Waals surface area contributed by atoms with Gasteiger partial charge in [-0.1, -0.05) is 24.3 Å². The van der Waals surface area contributed by atoms with Crippen molar-refractivity contribution in [3.8, 4) is 11.5 Å². The van der Waals surface area contributed by atoms with Crippen LogP contribution in [-0.4, -0.2) is 20.8 Å². The van der Waals surface area contributed by atoms with E-state index in [1.807, 2.05) is 18.2 Å². The first-order chi connectivity index (χ1) is 6.83. The van der Waals surface area contributed by atoms with Crippen LogP contribution >= 0.6 is 0 Å². The van der Waals surface area contributed by atoms with Gasteiger partial charge in [-0.2, -0.15) is 0 Å². The van der Waals surface area contributed by atoms with Crippen molar-refractivity contribution in [1.29, 1.82) is 0 Å². The molecule has 0 aromatic heterocycles. The zero-order valence-corrected chi connectivity index (χ0v) is 8.32. The van der Waals surface area contributed by atoms with Gasteiger partial charge in [0.15, 0.2) is 11.5 Å². The minimum Gasteiger partial charge on any atom is -0.493 e. The summed E-state index contributed by atoms with van der Waals surface area (Å²) in [5, 5.41) is 10.3. The number of methoxy groups -OCH3 is 2. The molecule has 0 unspecified atom stereocenters. The van der Waals surface area contributed by atoms with Gasteiger partial charge in [0.05, 0.1) is 14.2 Å². The molecule has 14 heavy (non-hydrogen) atoms. The summed E-state index contributed by atoms with van der Waals surface area (Å²) < 4.78 is 10.3. The normalized spacial score (nSPS) is 10.5. The smallest absolute Gasteiger partial charge is 0.167 e.